The minimum Gasteiger partial charge on any atom is -0.444 e. The molecular formula is C15H29IN4O2. The summed E-state index contributed by atoms with van der Waals surface area (Å²) >= 11 is 0. The van der Waals surface area contributed by atoms with Crippen LogP contribution in [0.15, 0.2) is 4.99 Å². The smallest absolute Gasteiger partial charge is 0.410 e. The number of halogens is 1. The summed E-state index contributed by atoms with van der Waals surface area (Å²) < 4.78 is 5.32. The van der Waals surface area contributed by atoms with Crippen molar-refractivity contribution in [3.8, 4) is 0 Å². The fraction of sp³-hybridized carbons (Fsp3) is 0.867. The Bertz CT molecular complexity index is 395. The van der Waals surface area contributed by atoms with Crippen LogP contribution in [0.25, 0.3) is 0 Å². The molecule has 2 fully saturated rings. The lowest BCUT2D eigenvalue weighted by atomic mass is 10.1. The van der Waals surface area contributed by atoms with Gasteiger partial charge in [-0.25, -0.2) is 9.79 Å². The normalized spacial score (nSPS) is 20.8. The first kappa shape index (κ1) is 19.3. The molecule has 0 radical (unpaired) electrons. The van der Waals surface area contributed by atoms with E-state index in [0.717, 1.165) is 13.1 Å². The second-order valence-electron chi connectivity index (χ2n) is 6.93. The molecule has 2 aliphatic heterocycles. The number of guanidine groups is 1. The van der Waals surface area contributed by atoms with Gasteiger partial charge >= 0.3 is 6.09 Å². The van der Waals surface area contributed by atoms with E-state index in [-0.39, 0.29) is 36.1 Å². The highest BCUT2D eigenvalue weighted by Crippen LogP contribution is 2.17. The number of amides is 1. The summed E-state index contributed by atoms with van der Waals surface area (Å²) in [5, 5.41) is 0. The number of nitrogens with two attached hydrogens (primary N) is 1. The molecule has 0 unspecified atom stereocenters. The summed E-state index contributed by atoms with van der Waals surface area (Å²) in [6, 6.07) is 0.112. The Labute approximate surface area is 150 Å². The van der Waals surface area contributed by atoms with E-state index < -0.39 is 5.60 Å². The Morgan fingerprint density at radius 2 is 1.64 bits per heavy atom. The largest absolute Gasteiger partial charge is 0.444 e. The predicted molar refractivity (Wildman–Crippen MR) is 98.7 cm³/mol. The zero-order chi connectivity index (χ0) is 15.5. The third-order valence-corrected chi connectivity index (χ3v) is 3.76. The van der Waals surface area contributed by atoms with Gasteiger partial charge in [-0.2, -0.15) is 0 Å². The van der Waals surface area contributed by atoms with Crippen LogP contribution in [0.2, 0.25) is 0 Å². The molecule has 0 atom stereocenters. The van der Waals surface area contributed by atoms with Crippen LogP contribution in [0.3, 0.4) is 0 Å². The van der Waals surface area contributed by atoms with E-state index in [9.17, 15) is 4.79 Å². The lowest BCUT2D eigenvalue weighted by molar-refractivity contribution is 0.00895. The average molecular weight is 424 g/mol. The second-order valence-corrected chi connectivity index (χ2v) is 6.93. The van der Waals surface area contributed by atoms with Gasteiger partial charge in [-0.05, 0) is 33.6 Å². The minimum absolute atomic E-state index is 0. The molecule has 0 aromatic heterocycles. The van der Waals surface area contributed by atoms with E-state index in [1.807, 2.05) is 20.8 Å². The van der Waals surface area contributed by atoms with Gasteiger partial charge in [0.05, 0.1) is 6.04 Å². The number of likely N-dealkylation sites (tertiary alicyclic amines) is 2. The minimum atomic E-state index is -0.448. The monoisotopic (exact) mass is 424 g/mol. The van der Waals surface area contributed by atoms with E-state index in [1.165, 1.54) is 25.7 Å². The van der Waals surface area contributed by atoms with E-state index >= 15 is 0 Å². The number of carbonyl (C=O) groups excluding carboxylic acids is 1. The molecule has 0 saturated carbocycles. The molecule has 2 N–H and O–H groups in total. The molecule has 0 bridgehead atoms. The summed E-state index contributed by atoms with van der Waals surface area (Å²) in [5.74, 6) is 0.630. The van der Waals surface area contributed by atoms with Gasteiger partial charge in [-0.1, -0.05) is 12.8 Å². The fourth-order valence-electron chi connectivity index (χ4n) is 2.58. The molecule has 6 nitrogen and oxygen atoms in total. The van der Waals surface area contributed by atoms with Crippen molar-refractivity contribution >= 4 is 36.0 Å². The van der Waals surface area contributed by atoms with Gasteiger partial charge in [-0.15, -0.1) is 24.0 Å². The van der Waals surface area contributed by atoms with Crippen LogP contribution in [0.4, 0.5) is 4.79 Å². The highest BCUT2D eigenvalue weighted by molar-refractivity contribution is 14.0. The van der Waals surface area contributed by atoms with Gasteiger partial charge in [0.2, 0.25) is 0 Å². The zero-order valence-corrected chi connectivity index (χ0v) is 16.2. The quantitative estimate of drug-likeness (QED) is 0.399. The third-order valence-electron chi connectivity index (χ3n) is 3.76. The molecule has 1 amide bonds. The number of hydrogen-bond donors (Lipinski definition) is 1. The first-order valence-electron chi connectivity index (χ1n) is 7.91. The Morgan fingerprint density at radius 1 is 1.09 bits per heavy atom. The molecule has 128 valence electrons. The van der Waals surface area contributed by atoms with Gasteiger partial charge in [0, 0.05) is 26.2 Å². The van der Waals surface area contributed by atoms with Crippen molar-refractivity contribution in [2.75, 3.05) is 26.2 Å². The molecular weight excluding hydrogens is 395 g/mol. The molecule has 0 aromatic carbocycles. The molecule has 0 aliphatic carbocycles. The van der Waals surface area contributed by atoms with Crippen LogP contribution in [0.5, 0.6) is 0 Å². The number of nitrogens with zero attached hydrogens (tertiary/aromatic N) is 3. The van der Waals surface area contributed by atoms with E-state index in [0.29, 0.717) is 19.0 Å². The maximum atomic E-state index is 11.8. The molecule has 2 rings (SSSR count). The zero-order valence-electron chi connectivity index (χ0n) is 13.9. The van der Waals surface area contributed by atoms with E-state index in [4.69, 9.17) is 10.5 Å². The standard InChI is InChI=1S/C15H28N4O2.HI/c1-15(2,3)21-14(20)19-10-12(11-19)17-13(16)18-8-6-4-5-7-9-18;/h12H,4-11H2,1-3H3,(H2,16,17);1H. The van der Waals surface area contributed by atoms with Crippen molar-refractivity contribution in [3.63, 3.8) is 0 Å². The van der Waals surface area contributed by atoms with Crippen LogP contribution < -0.4 is 5.73 Å². The van der Waals surface area contributed by atoms with Crippen LogP contribution in [-0.2, 0) is 4.74 Å². The highest BCUT2D eigenvalue weighted by Gasteiger charge is 2.34. The van der Waals surface area contributed by atoms with Crippen molar-refractivity contribution in [1.29, 1.82) is 0 Å². The van der Waals surface area contributed by atoms with Crippen LogP contribution >= 0.6 is 24.0 Å². The number of aliphatic imine (C=N–C) groups is 1. The van der Waals surface area contributed by atoms with Crippen molar-refractivity contribution in [2.45, 2.75) is 58.1 Å². The third kappa shape index (κ3) is 5.81. The van der Waals surface area contributed by atoms with E-state index in [2.05, 4.69) is 9.89 Å². The van der Waals surface area contributed by atoms with Crippen molar-refractivity contribution < 1.29 is 9.53 Å². The summed E-state index contributed by atoms with van der Waals surface area (Å²) in [6.07, 6.45) is 4.66. The molecule has 0 spiro atoms. The summed E-state index contributed by atoms with van der Waals surface area (Å²) in [6.45, 7) is 8.81. The van der Waals surface area contributed by atoms with Gasteiger partial charge in [-0.3, -0.25) is 0 Å². The van der Waals surface area contributed by atoms with Crippen molar-refractivity contribution in [1.82, 2.24) is 9.80 Å². The highest BCUT2D eigenvalue weighted by atomic mass is 127. The maximum Gasteiger partial charge on any atom is 0.410 e. The van der Waals surface area contributed by atoms with Gasteiger partial charge in [0.1, 0.15) is 5.60 Å². The first-order chi connectivity index (χ1) is 9.85. The van der Waals surface area contributed by atoms with Gasteiger partial charge in [0.15, 0.2) is 5.96 Å². The number of ether oxygens (including phenoxy) is 1. The average Bonchev–Trinajstić information content (AvgIpc) is 2.59. The molecule has 0 aromatic rings. The summed E-state index contributed by atoms with van der Waals surface area (Å²) in [7, 11) is 0. The Kier molecular flexibility index (Phi) is 7.21. The first-order valence-corrected chi connectivity index (χ1v) is 7.91. The van der Waals surface area contributed by atoms with Crippen molar-refractivity contribution in [3.05, 3.63) is 0 Å². The lowest BCUT2D eigenvalue weighted by Crippen LogP contribution is -2.55. The van der Waals surface area contributed by atoms with Crippen LogP contribution in [0, 0.1) is 0 Å². The van der Waals surface area contributed by atoms with Crippen LogP contribution in [-0.4, -0.2) is 59.7 Å². The fourth-order valence-corrected chi connectivity index (χ4v) is 2.58. The Hall–Kier alpha value is -0.730. The maximum absolute atomic E-state index is 11.8. The second kappa shape index (κ2) is 8.21. The van der Waals surface area contributed by atoms with Gasteiger partial charge in [0.25, 0.3) is 0 Å². The molecule has 2 aliphatic rings. The van der Waals surface area contributed by atoms with Gasteiger partial charge < -0.3 is 20.3 Å². The molecule has 22 heavy (non-hydrogen) atoms. The summed E-state index contributed by atoms with van der Waals surface area (Å²) in [4.78, 5) is 20.2. The number of carbonyl (C=O) groups is 1. The topological polar surface area (TPSA) is 71.2 Å². The SMILES string of the molecule is CC(C)(C)OC(=O)N1CC(N=C(N)N2CCCCCC2)C1.I. The Balaban J connectivity index is 0.00000242. The Morgan fingerprint density at radius 3 is 2.14 bits per heavy atom. The number of hydrogen-bond acceptors (Lipinski definition) is 3. The van der Waals surface area contributed by atoms with E-state index in [1.54, 1.807) is 4.90 Å². The lowest BCUT2D eigenvalue weighted by Gasteiger charge is -2.38. The molecule has 2 saturated heterocycles. The summed E-state index contributed by atoms with van der Waals surface area (Å²) in [5.41, 5.74) is 5.64. The predicted octanol–water partition coefficient (Wildman–Crippen LogP) is 2.41. The molecule has 2 heterocycles. The van der Waals surface area contributed by atoms with Crippen molar-refractivity contribution in [2.24, 2.45) is 10.7 Å². The van der Waals surface area contributed by atoms with Crippen LogP contribution in [0.1, 0.15) is 46.5 Å². The number of rotatable bonds is 1. The molecule has 7 heteroatoms.